The average Bonchev–Trinajstić information content (AvgIpc) is 2.59. The second-order valence-electron chi connectivity index (χ2n) is 5.37. The minimum Gasteiger partial charge on any atom is -0.481 e. The lowest BCUT2D eigenvalue weighted by molar-refractivity contribution is -0.136. The van der Waals surface area contributed by atoms with Gasteiger partial charge in [-0.3, -0.25) is 15.5 Å². The van der Waals surface area contributed by atoms with Gasteiger partial charge in [-0.25, -0.2) is 4.79 Å². The third-order valence-corrected chi connectivity index (χ3v) is 3.41. The number of carbonyl (C=O) groups is 2. The Kier molecular flexibility index (Phi) is 6.11. The zero-order chi connectivity index (χ0) is 18.2. The molecule has 0 aliphatic heterocycles. The minimum absolute atomic E-state index is 0.00825. The number of nitrogens with two attached hydrogens (primary N) is 1. The standard InChI is InChI=1S/C18H19N3O4/c19-17(20)16(13-6-2-1-3-7-13)25-18(24)21-14-8-4-5-12(11-14)9-10-15(22)23/h1-8,11,16H,9-10H2,(H3,19,20)(H,21,24)(H,22,23). The monoisotopic (exact) mass is 341 g/mol. The molecule has 5 N–H and O–H groups in total. The molecular formula is C18H19N3O4. The van der Waals surface area contributed by atoms with Gasteiger partial charge in [-0.05, 0) is 24.1 Å². The molecule has 2 aromatic rings. The van der Waals surface area contributed by atoms with E-state index in [9.17, 15) is 9.59 Å². The molecular weight excluding hydrogens is 322 g/mol. The lowest BCUT2D eigenvalue weighted by atomic mass is 10.1. The highest BCUT2D eigenvalue weighted by atomic mass is 16.6. The molecule has 0 bridgehead atoms. The Morgan fingerprint density at radius 3 is 2.52 bits per heavy atom. The van der Waals surface area contributed by atoms with Crippen LogP contribution in [0.25, 0.3) is 0 Å². The third-order valence-electron chi connectivity index (χ3n) is 3.41. The van der Waals surface area contributed by atoms with Crippen molar-refractivity contribution in [2.75, 3.05) is 5.32 Å². The molecule has 0 spiro atoms. The number of ether oxygens (including phenoxy) is 1. The van der Waals surface area contributed by atoms with Gasteiger partial charge in [0.25, 0.3) is 0 Å². The molecule has 0 aliphatic rings. The van der Waals surface area contributed by atoms with Crippen molar-refractivity contribution in [3.63, 3.8) is 0 Å². The van der Waals surface area contributed by atoms with E-state index in [0.29, 0.717) is 17.7 Å². The van der Waals surface area contributed by atoms with E-state index in [0.717, 1.165) is 5.56 Å². The van der Waals surface area contributed by atoms with Gasteiger partial charge < -0.3 is 15.6 Å². The summed E-state index contributed by atoms with van der Waals surface area (Å²) in [7, 11) is 0. The smallest absolute Gasteiger partial charge is 0.412 e. The van der Waals surface area contributed by atoms with Crippen LogP contribution in [0.3, 0.4) is 0 Å². The first kappa shape index (κ1) is 18.0. The van der Waals surface area contributed by atoms with Crippen LogP contribution >= 0.6 is 0 Å². The first-order chi connectivity index (χ1) is 12.0. The van der Waals surface area contributed by atoms with E-state index in [-0.39, 0.29) is 12.3 Å². The second kappa shape index (κ2) is 8.49. The summed E-state index contributed by atoms with van der Waals surface area (Å²) in [6.45, 7) is 0. The fraction of sp³-hybridized carbons (Fsp3) is 0.167. The van der Waals surface area contributed by atoms with E-state index < -0.39 is 18.2 Å². The number of aryl methyl sites for hydroxylation is 1. The van der Waals surface area contributed by atoms with Crippen molar-refractivity contribution in [2.45, 2.75) is 18.9 Å². The van der Waals surface area contributed by atoms with E-state index in [2.05, 4.69) is 5.32 Å². The third kappa shape index (κ3) is 5.65. The summed E-state index contributed by atoms with van der Waals surface area (Å²) in [6.07, 6.45) is -1.36. The Morgan fingerprint density at radius 1 is 1.16 bits per heavy atom. The second-order valence-corrected chi connectivity index (χ2v) is 5.37. The van der Waals surface area contributed by atoms with Crippen LogP contribution in [-0.2, 0) is 16.0 Å². The van der Waals surface area contributed by atoms with Gasteiger partial charge in [0.05, 0.1) is 0 Å². The van der Waals surface area contributed by atoms with Crippen LogP contribution in [0.4, 0.5) is 10.5 Å². The van der Waals surface area contributed by atoms with Crippen molar-refractivity contribution in [1.82, 2.24) is 0 Å². The Hall–Kier alpha value is -3.35. The number of rotatable bonds is 7. The summed E-state index contributed by atoms with van der Waals surface area (Å²) in [6, 6.07) is 15.6. The highest BCUT2D eigenvalue weighted by molar-refractivity contribution is 5.89. The minimum atomic E-state index is -0.976. The van der Waals surface area contributed by atoms with Crippen molar-refractivity contribution >= 4 is 23.6 Å². The zero-order valence-corrected chi connectivity index (χ0v) is 13.4. The zero-order valence-electron chi connectivity index (χ0n) is 13.4. The number of aliphatic carboxylic acids is 1. The highest BCUT2D eigenvalue weighted by Gasteiger charge is 2.19. The van der Waals surface area contributed by atoms with Crippen molar-refractivity contribution < 1.29 is 19.4 Å². The van der Waals surface area contributed by atoms with Gasteiger partial charge in [-0.2, -0.15) is 0 Å². The van der Waals surface area contributed by atoms with Gasteiger partial charge in [0.1, 0.15) is 5.84 Å². The molecule has 0 saturated heterocycles. The molecule has 0 fully saturated rings. The maximum absolute atomic E-state index is 12.1. The number of amidine groups is 1. The summed E-state index contributed by atoms with van der Waals surface area (Å²) in [5, 5.41) is 18.9. The van der Waals surface area contributed by atoms with E-state index in [1.54, 1.807) is 48.5 Å². The molecule has 130 valence electrons. The van der Waals surface area contributed by atoms with Crippen LogP contribution in [0.15, 0.2) is 54.6 Å². The molecule has 0 heterocycles. The molecule has 25 heavy (non-hydrogen) atoms. The molecule has 1 amide bonds. The van der Waals surface area contributed by atoms with Gasteiger partial charge in [-0.1, -0.05) is 42.5 Å². The van der Waals surface area contributed by atoms with E-state index in [4.69, 9.17) is 21.0 Å². The highest BCUT2D eigenvalue weighted by Crippen LogP contribution is 2.19. The van der Waals surface area contributed by atoms with Crippen molar-refractivity contribution in [2.24, 2.45) is 5.73 Å². The number of amides is 1. The van der Waals surface area contributed by atoms with Gasteiger partial charge >= 0.3 is 12.1 Å². The molecule has 0 aliphatic carbocycles. The molecule has 1 unspecified atom stereocenters. The Balaban J connectivity index is 2.02. The molecule has 2 rings (SSSR count). The molecule has 0 radical (unpaired) electrons. The molecule has 7 heteroatoms. The molecule has 0 saturated carbocycles. The number of anilines is 1. The van der Waals surface area contributed by atoms with Crippen LogP contribution in [0, 0.1) is 5.41 Å². The van der Waals surface area contributed by atoms with Crippen LogP contribution in [0.1, 0.15) is 23.7 Å². The topological polar surface area (TPSA) is 126 Å². The first-order valence-corrected chi connectivity index (χ1v) is 7.63. The van der Waals surface area contributed by atoms with Crippen molar-refractivity contribution in [3.05, 3.63) is 65.7 Å². The van der Waals surface area contributed by atoms with Crippen molar-refractivity contribution in [1.29, 1.82) is 5.41 Å². The van der Waals surface area contributed by atoms with Gasteiger partial charge in [0.15, 0.2) is 6.10 Å². The number of carbonyl (C=O) groups excluding carboxylic acids is 1. The van der Waals surface area contributed by atoms with E-state index >= 15 is 0 Å². The summed E-state index contributed by atoms with van der Waals surface area (Å²) in [4.78, 5) is 22.7. The number of nitrogens with one attached hydrogen (secondary N) is 2. The largest absolute Gasteiger partial charge is 0.481 e. The van der Waals surface area contributed by atoms with Crippen LogP contribution in [0.5, 0.6) is 0 Å². The van der Waals surface area contributed by atoms with Crippen molar-refractivity contribution in [3.8, 4) is 0 Å². The SMILES string of the molecule is N=C(N)C(OC(=O)Nc1cccc(CCC(=O)O)c1)c1ccccc1. The Morgan fingerprint density at radius 2 is 1.88 bits per heavy atom. The Labute approximate surface area is 144 Å². The van der Waals surface area contributed by atoms with Crippen LogP contribution in [0.2, 0.25) is 0 Å². The maximum Gasteiger partial charge on any atom is 0.412 e. The van der Waals surface area contributed by atoms with Crippen LogP contribution < -0.4 is 11.1 Å². The summed E-state index contributed by atoms with van der Waals surface area (Å²) >= 11 is 0. The summed E-state index contributed by atoms with van der Waals surface area (Å²) < 4.78 is 5.25. The number of carboxylic acids is 1. The van der Waals surface area contributed by atoms with Crippen LogP contribution in [-0.4, -0.2) is 23.0 Å². The number of carboxylic acid groups (broad SMARTS) is 1. The number of hydrogen-bond donors (Lipinski definition) is 4. The first-order valence-electron chi connectivity index (χ1n) is 7.63. The van der Waals surface area contributed by atoms with Gasteiger partial charge in [0, 0.05) is 17.7 Å². The molecule has 2 aromatic carbocycles. The molecule has 7 nitrogen and oxygen atoms in total. The maximum atomic E-state index is 12.1. The average molecular weight is 341 g/mol. The fourth-order valence-corrected chi connectivity index (χ4v) is 2.25. The Bertz CT molecular complexity index is 762. The quantitative estimate of drug-likeness (QED) is 0.455. The fourth-order valence-electron chi connectivity index (χ4n) is 2.25. The number of hydrogen-bond acceptors (Lipinski definition) is 4. The number of benzene rings is 2. The molecule has 1 atom stereocenters. The van der Waals surface area contributed by atoms with Gasteiger partial charge in [0.2, 0.25) is 0 Å². The van der Waals surface area contributed by atoms with E-state index in [1.807, 2.05) is 6.07 Å². The lowest BCUT2D eigenvalue weighted by Gasteiger charge is -2.17. The lowest BCUT2D eigenvalue weighted by Crippen LogP contribution is -2.27. The molecule has 0 aromatic heterocycles. The predicted molar refractivity (Wildman–Crippen MR) is 93.6 cm³/mol. The normalized spacial score (nSPS) is 11.4. The summed E-state index contributed by atoms with van der Waals surface area (Å²) in [5.74, 6) is -1.17. The van der Waals surface area contributed by atoms with Gasteiger partial charge in [-0.15, -0.1) is 0 Å². The predicted octanol–water partition coefficient (Wildman–Crippen LogP) is 2.93. The summed E-state index contributed by atoms with van der Waals surface area (Å²) in [5.41, 5.74) is 7.38. The van der Waals surface area contributed by atoms with E-state index in [1.165, 1.54) is 0 Å².